The van der Waals surface area contributed by atoms with Crippen LogP contribution in [-0.2, 0) is 16.4 Å². The number of carbonyl (C=O) groups is 1. The molecule has 1 aliphatic rings. The van der Waals surface area contributed by atoms with Crippen LogP contribution in [-0.4, -0.2) is 33.9 Å². The average molecular weight is 389 g/mol. The molecule has 1 heterocycles. The van der Waals surface area contributed by atoms with Crippen LogP contribution in [0, 0.1) is 0 Å². The van der Waals surface area contributed by atoms with Crippen molar-refractivity contribution in [2.24, 2.45) is 0 Å². The molecule has 2 aromatic carbocycles. The predicted octanol–water partition coefficient (Wildman–Crippen LogP) is 3.44. The number of amides is 2. The fraction of sp³-hybridized carbons (Fsp3) is 0.316. The van der Waals surface area contributed by atoms with Gasteiger partial charge in [-0.1, -0.05) is 12.1 Å². The second kappa shape index (κ2) is 7.87. The van der Waals surface area contributed by atoms with E-state index in [9.17, 15) is 13.2 Å². The molecule has 3 rings (SSSR count). The number of urea groups is 1. The number of nitrogens with one attached hydrogen (secondary N) is 2. The van der Waals surface area contributed by atoms with E-state index in [1.165, 1.54) is 11.4 Å². The van der Waals surface area contributed by atoms with Gasteiger partial charge in [-0.25, -0.2) is 13.2 Å². The molecular weight excluding hydrogens is 366 g/mol. The van der Waals surface area contributed by atoms with Gasteiger partial charge in [-0.2, -0.15) is 0 Å². The number of anilines is 3. The zero-order valence-electron chi connectivity index (χ0n) is 15.4. The molecule has 8 heteroatoms. The molecule has 0 spiro atoms. The Bertz CT molecular complexity index is 944. The molecule has 0 saturated heterocycles. The van der Waals surface area contributed by atoms with E-state index in [0.717, 1.165) is 18.4 Å². The number of hydrogen-bond acceptors (Lipinski definition) is 4. The Balaban J connectivity index is 1.76. The van der Waals surface area contributed by atoms with Crippen molar-refractivity contribution < 1.29 is 17.9 Å². The van der Waals surface area contributed by atoms with Gasteiger partial charge in [-0.3, -0.25) is 4.31 Å². The number of nitrogens with zero attached hydrogens (tertiary/aromatic N) is 1. The molecule has 2 aromatic rings. The molecule has 0 bridgehead atoms. The molecule has 0 atom stereocenters. The van der Waals surface area contributed by atoms with E-state index in [1.807, 2.05) is 12.1 Å². The highest BCUT2D eigenvalue weighted by molar-refractivity contribution is 7.92. The monoisotopic (exact) mass is 389 g/mol. The molecule has 144 valence electrons. The smallest absolute Gasteiger partial charge is 0.323 e. The molecule has 7 nitrogen and oxygen atoms in total. The summed E-state index contributed by atoms with van der Waals surface area (Å²) in [6.07, 6.45) is 1.53. The highest BCUT2D eigenvalue weighted by Gasteiger charge is 2.26. The van der Waals surface area contributed by atoms with Crippen molar-refractivity contribution in [2.75, 3.05) is 34.3 Å². The number of ether oxygens (including phenoxy) is 1. The third-order valence-corrected chi connectivity index (χ3v) is 6.25. The fourth-order valence-corrected chi connectivity index (χ4v) is 4.31. The number of para-hydroxylation sites is 2. The number of methoxy groups -OCH3 is 1. The van der Waals surface area contributed by atoms with Crippen LogP contribution in [0.2, 0.25) is 0 Å². The average Bonchev–Trinajstić information content (AvgIpc) is 2.67. The maximum absolute atomic E-state index is 12.3. The van der Waals surface area contributed by atoms with E-state index in [1.54, 1.807) is 37.3 Å². The van der Waals surface area contributed by atoms with Gasteiger partial charge >= 0.3 is 6.03 Å². The molecule has 2 N–H and O–H groups in total. The second-order valence-corrected chi connectivity index (χ2v) is 8.38. The lowest BCUT2D eigenvalue weighted by Gasteiger charge is -2.30. The first-order chi connectivity index (χ1) is 12.9. The number of sulfonamides is 1. The molecule has 0 aliphatic carbocycles. The maximum Gasteiger partial charge on any atom is 0.323 e. The van der Waals surface area contributed by atoms with Gasteiger partial charge in [-0.15, -0.1) is 0 Å². The molecule has 1 aliphatic heterocycles. The Morgan fingerprint density at radius 2 is 1.96 bits per heavy atom. The molecule has 0 fully saturated rings. The van der Waals surface area contributed by atoms with Crippen molar-refractivity contribution >= 4 is 33.1 Å². The number of fused-ring (bicyclic) bond motifs is 1. The second-order valence-electron chi connectivity index (χ2n) is 6.20. The van der Waals surface area contributed by atoms with E-state index in [2.05, 4.69) is 10.6 Å². The standard InChI is InChI=1S/C19H23N3O4S/c1-3-27(24,25)22-12-6-7-14-13-15(10-11-17(14)22)20-19(23)21-16-8-4-5-9-18(16)26-2/h4-5,8-11,13H,3,6-7,12H2,1-2H3,(H2,20,21,23). The Kier molecular flexibility index (Phi) is 5.55. The Hall–Kier alpha value is -2.74. The van der Waals surface area contributed by atoms with E-state index < -0.39 is 16.1 Å². The predicted molar refractivity (Wildman–Crippen MR) is 107 cm³/mol. The summed E-state index contributed by atoms with van der Waals surface area (Å²) in [5.41, 5.74) is 2.78. The summed E-state index contributed by atoms with van der Waals surface area (Å²) in [5.74, 6) is 0.631. The number of rotatable bonds is 5. The first-order valence-electron chi connectivity index (χ1n) is 8.79. The SMILES string of the molecule is CCS(=O)(=O)N1CCCc2cc(NC(=O)Nc3ccccc3OC)ccc21. The topological polar surface area (TPSA) is 87.7 Å². The Labute approximate surface area is 159 Å². The molecular formula is C19H23N3O4S. The summed E-state index contributed by atoms with van der Waals surface area (Å²) in [6, 6.07) is 12.0. The largest absolute Gasteiger partial charge is 0.495 e. The summed E-state index contributed by atoms with van der Waals surface area (Å²) < 4.78 is 31.2. The highest BCUT2D eigenvalue weighted by atomic mass is 32.2. The summed E-state index contributed by atoms with van der Waals surface area (Å²) in [7, 11) is -1.76. The van der Waals surface area contributed by atoms with Crippen molar-refractivity contribution in [3.8, 4) is 5.75 Å². The van der Waals surface area contributed by atoms with E-state index in [-0.39, 0.29) is 5.75 Å². The molecule has 27 heavy (non-hydrogen) atoms. The quantitative estimate of drug-likeness (QED) is 0.820. The van der Waals surface area contributed by atoms with Gasteiger partial charge in [0.2, 0.25) is 10.0 Å². The minimum atomic E-state index is -3.30. The molecule has 0 aromatic heterocycles. The Morgan fingerprint density at radius 3 is 2.70 bits per heavy atom. The van der Waals surface area contributed by atoms with Gasteiger partial charge in [-0.05, 0) is 55.7 Å². The number of aryl methyl sites for hydroxylation is 1. The van der Waals surface area contributed by atoms with Gasteiger partial charge in [0.05, 0.1) is 24.2 Å². The normalized spacial score (nSPS) is 13.6. The van der Waals surface area contributed by atoms with Crippen LogP contribution >= 0.6 is 0 Å². The van der Waals surface area contributed by atoms with Crippen molar-refractivity contribution in [1.82, 2.24) is 0 Å². The molecule has 0 saturated carbocycles. The highest BCUT2D eigenvalue weighted by Crippen LogP contribution is 2.32. The van der Waals surface area contributed by atoms with Crippen molar-refractivity contribution in [1.29, 1.82) is 0 Å². The van der Waals surface area contributed by atoms with Crippen LogP contribution in [0.4, 0.5) is 21.9 Å². The van der Waals surface area contributed by atoms with Crippen molar-refractivity contribution in [3.05, 3.63) is 48.0 Å². The summed E-state index contributed by atoms with van der Waals surface area (Å²) in [4.78, 5) is 12.3. The van der Waals surface area contributed by atoms with Crippen molar-refractivity contribution in [2.45, 2.75) is 19.8 Å². The van der Waals surface area contributed by atoms with Gasteiger partial charge in [0.1, 0.15) is 5.75 Å². The van der Waals surface area contributed by atoms with Crippen LogP contribution in [0.1, 0.15) is 18.9 Å². The van der Waals surface area contributed by atoms with Gasteiger partial charge in [0, 0.05) is 12.2 Å². The van der Waals surface area contributed by atoms with Crippen LogP contribution in [0.3, 0.4) is 0 Å². The number of benzene rings is 2. The van der Waals surface area contributed by atoms with Crippen LogP contribution in [0.5, 0.6) is 5.75 Å². The van der Waals surface area contributed by atoms with Crippen LogP contribution in [0.25, 0.3) is 0 Å². The molecule has 2 amide bonds. The van der Waals surface area contributed by atoms with E-state index >= 15 is 0 Å². The third-order valence-electron chi connectivity index (χ3n) is 4.47. The Morgan fingerprint density at radius 1 is 1.19 bits per heavy atom. The lowest BCUT2D eigenvalue weighted by molar-refractivity contribution is 0.262. The van der Waals surface area contributed by atoms with E-state index in [4.69, 9.17) is 4.74 Å². The molecule has 0 unspecified atom stereocenters. The minimum Gasteiger partial charge on any atom is -0.495 e. The zero-order valence-corrected chi connectivity index (χ0v) is 16.2. The lowest BCUT2D eigenvalue weighted by atomic mass is 10.0. The maximum atomic E-state index is 12.3. The fourth-order valence-electron chi connectivity index (χ4n) is 3.12. The summed E-state index contributed by atoms with van der Waals surface area (Å²) in [6.45, 7) is 2.13. The minimum absolute atomic E-state index is 0.0632. The number of hydrogen-bond donors (Lipinski definition) is 2. The van der Waals surface area contributed by atoms with Crippen LogP contribution < -0.4 is 19.7 Å². The number of carbonyl (C=O) groups excluding carboxylic acids is 1. The molecule has 0 radical (unpaired) electrons. The lowest BCUT2D eigenvalue weighted by Crippen LogP contribution is -2.36. The van der Waals surface area contributed by atoms with Gasteiger partial charge < -0.3 is 15.4 Å². The first kappa shape index (κ1) is 19.0. The van der Waals surface area contributed by atoms with Gasteiger partial charge in [0.15, 0.2) is 0 Å². The first-order valence-corrected chi connectivity index (χ1v) is 10.4. The summed E-state index contributed by atoms with van der Waals surface area (Å²) in [5, 5.41) is 5.54. The summed E-state index contributed by atoms with van der Waals surface area (Å²) >= 11 is 0. The van der Waals surface area contributed by atoms with Crippen LogP contribution in [0.15, 0.2) is 42.5 Å². The zero-order chi connectivity index (χ0) is 19.4. The van der Waals surface area contributed by atoms with E-state index in [0.29, 0.717) is 29.4 Å². The van der Waals surface area contributed by atoms with Crippen molar-refractivity contribution in [3.63, 3.8) is 0 Å². The third kappa shape index (κ3) is 4.16. The van der Waals surface area contributed by atoms with Gasteiger partial charge in [0.25, 0.3) is 0 Å².